The lowest BCUT2D eigenvalue weighted by Crippen LogP contribution is -2.54. The number of benzene rings is 1. The zero-order chi connectivity index (χ0) is 12.7. The highest BCUT2D eigenvalue weighted by Gasteiger charge is 2.23. The Hall–Kier alpha value is -1.20. The minimum atomic E-state index is -0.221. The van der Waals surface area contributed by atoms with E-state index >= 15 is 0 Å². The number of thiazole rings is 1. The molecule has 18 heavy (non-hydrogen) atoms. The Morgan fingerprint density at radius 3 is 2.78 bits per heavy atom. The van der Waals surface area contributed by atoms with Crippen molar-refractivity contribution in [2.24, 2.45) is 0 Å². The molecule has 3 rings (SSSR count). The summed E-state index contributed by atoms with van der Waals surface area (Å²) in [5.41, 5.74) is 0.758. The van der Waals surface area contributed by atoms with E-state index < -0.39 is 0 Å². The minimum absolute atomic E-state index is 0.221. The van der Waals surface area contributed by atoms with Crippen LogP contribution in [0.2, 0.25) is 0 Å². The molecule has 1 N–H and O–H groups in total. The van der Waals surface area contributed by atoms with Gasteiger partial charge in [-0.3, -0.25) is 0 Å². The molecule has 0 unspecified atom stereocenters. The van der Waals surface area contributed by atoms with Crippen molar-refractivity contribution in [2.45, 2.75) is 25.9 Å². The molecule has 1 aliphatic rings. The molecule has 0 bridgehead atoms. The van der Waals surface area contributed by atoms with Crippen LogP contribution in [0.4, 0.5) is 9.52 Å². The molecule has 1 aromatic heterocycles. The highest BCUT2D eigenvalue weighted by atomic mass is 32.1. The van der Waals surface area contributed by atoms with Gasteiger partial charge in [0.2, 0.25) is 0 Å². The maximum Gasteiger partial charge on any atom is 0.186 e. The zero-order valence-electron chi connectivity index (χ0n) is 10.5. The van der Waals surface area contributed by atoms with Crippen molar-refractivity contribution >= 4 is 26.7 Å². The molecule has 3 nitrogen and oxygen atoms in total. The summed E-state index contributed by atoms with van der Waals surface area (Å²) in [6.45, 7) is 6.25. The van der Waals surface area contributed by atoms with Gasteiger partial charge < -0.3 is 10.2 Å². The van der Waals surface area contributed by atoms with Gasteiger partial charge in [0.05, 0.1) is 10.2 Å². The molecule has 0 radical (unpaired) electrons. The van der Waals surface area contributed by atoms with Gasteiger partial charge in [-0.25, -0.2) is 9.37 Å². The van der Waals surface area contributed by atoms with Gasteiger partial charge in [-0.2, -0.15) is 0 Å². The Morgan fingerprint density at radius 2 is 2.06 bits per heavy atom. The number of piperazine rings is 1. The molecule has 0 spiro atoms. The van der Waals surface area contributed by atoms with Crippen LogP contribution >= 0.6 is 11.3 Å². The second-order valence-electron chi connectivity index (χ2n) is 4.98. The highest BCUT2D eigenvalue weighted by Crippen LogP contribution is 2.30. The maximum atomic E-state index is 13.2. The van der Waals surface area contributed by atoms with Crippen LogP contribution in [0.5, 0.6) is 0 Å². The van der Waals surface area contributed by atoms with Gasteiger partial charge in [0.15, 0.2) is 5.13 Å². The summed E-state index contributed by atoms with van der Waals surface area (Å²) >= 11 is 1.64. The van der Waals surface area contributed by atoms with Crippen LogP contribution in [0.1, 0.15) is 13.8 Å². The average molecular weight is 265 g/mol. The monoisotopic (exact) mass is 265 g/mol. The van der Waals surface area contributed by atoms with Crippen LogP contribution in [-0.2, 0) is 0 Å². The second kappa shape index (κ2) is 4.48. The lowest BCUT2D eigenvalue weighted by atomic mass is 10.2. The van der Waals surface area contributed by atoms with Gasteiger partial charge >= 0.3 is 0 Å². The topological polar surface area (TPSA) is 28.2 Å². The molecule has 0 saturated carbocycles. The number of anilines is 1. The first-order valence-corrected chi connectivity index (χ1v) is 7.00. The van der Waals surface area contributed by atoms with Crippen LogP contribution in [0, 0.1) is 5.82 Å². The van der Waals surface area contributed by atoms with Gasteiger partial charge in [-0.05, 0) is 26.0 Å². The fraction of sp³-hybridized carbons (Fsp3) is 0.462. The maximum absolute atomic E-state index is 13.2. The smallest absolute Gasteiger partial charge is 0.186 e. The van der Waals surface area contributed by atoms with E-state index in [1.54, 1.807) is 17.4 Å². The Morgan fingerprint density at radius 1 is 1.33 bits per heavy atom. The van der Waals surface area contributed by atoms with E-state index in [0.29, 0.717) is 12.1 Å². The molecule has 2 aromatic rings. The zero-order valence-corrected chi connectivity index (χ0v) is 11.3. The molecule has 0 aliphatic carbocycles. The van der Waals surface area contributed by atoms with Crippen molar-refractivity contribution in [2.75, 3.05) is 18.0 Å². The van der Waals surface area contributed by atoms with Crippen LogP contribution in [0.3, 0.4) is 0 Å². The number of nitrogens with zero attached hydrogens (tertiary/aromatic N) is 2. The van der Waals surface area contributed by atoms with Crippen molar-refractivity contribution in [3.8, 4) is 0 Å². The SMILES string of the molecule is C[C@@H]1CN(c2nc3cc(F)ccc3s2)C[C@H](C)N1. The van der Waals surface area contributed by atoms with Crippen LogP contribution in [-0.4, -0.2) is 30.2 Å². The second-order valence-corrected chi connectivity index (χ2v) is 5.99. The number of hydrogen-bond acceptors (Lipinski definition) is 4. The molecule has 1 fully saturated rings. The van der Waals surface area contributed by atoms with Crippen molar-refractivity contribution in [3.05, 3.63) is 24.0 Å². The van der Waals surface area contributed by atoms with E-state index in [4.69, 9.17) is 0 Å². The lowest BCUT2D eigenvalue weighted by molar-refractivity contribution is 0.407. The van der Waals surface area contributed by atoms with Crippen molar-refractivity contribution < 1.29 is 4.39 Å². The standard InChI is InChI=1S/C13H16FN3S/c1-8-6-17(7-9(2)15-8)13-16-11-5-10(14)3-4-12(11)18-13/h3-5,8-9,15H,6-7H2,1-2H3/t8-,9+. The predicted octanol–water partition coefficient (Wildman–Crippen LogP) is 2.62. The van der Waals surface area contributed by atoms with E-state index in [0.717, 1.165) is 28.4 Å². The number of rotatable bonds is 1. The lowest BCUT2D eigenvalue weighted by Gasteiger charge is -2.35. The van der Waals surface area contributed by atoms with Gasteiger partial charge in [0.25, 0.3) is 0 Å². The Bertz CT molecular complexity index is 558. The molecule has 1 aromatic carbocycles. The molecular weight excluding hydrogens is 249 g/mol. The minimum Gasteiger partial charge on any atom is -0.345 e. The Kier molecular flexibility index (Phi) is 2.95. The number of hydrogen-bond donors (Lipinski definition) is 1. The average Bonchev–Trinajstić information content (AvgIpc) is 2.70. The first-order chi connectivity index (χ1) is 8.61. The highest BCUT2D eigenvalue weighted by molar-refractivity contribution is 7.22. The fourth-order valence-electron chi connectivity index (χ4n) is 2.51. The van der Waals surface area contributed by atoms with Crippen molar-refractivity contribution in [1.82, 2.24) is 10.3 Å². The number of halogens is 1. The quantitative estimate of drug-likeness (QED) is 0.859. The summed E-state index contributed by atoms with van der Waals surface area (Å²) in [6, 6.07) is 5.72. The summed E-state index contributed by atoms with van der Waals surface area (Å²) < 4.78 is 14.2. The van der Waals surface area contributed by atoms with Gasteiger partial charge in [-0.15, -0.1) is 0 Å². The number of fused-ring (bicyclic) bond motifs is 1. The molecule has 96 valence electrons. The van der Waals surface area contributed by atoms with Crippen LogP contribution in [0.25, 0.3) is 10.2 Å². The number of nitrogens with one attached hydrogen (secondary N) is 1. The first kappa shape index (κ1) is 11.9. The summed E-state index contributed by atoms with van der Waals surface area (Å²) in [4.78, 5) is 6.83. The third kappa shape index (κ3) is 2.20. The largest absolute Gasteiger partial charge is 0.345 e. The molecule has 2 heterocycles. The third-order valence-electron chi connectivity index (χ3n) is 3.17. The van der Waals surface area contributed by atoms with Gasteiger partial charge in [0, 0.05) is 31.2 Å². The van der Waals surface area contributed by atoms with E-state index in [2.05, 4.69) is 29.0 Å². The fourth-order valence-corrected chi connectivity index (χ4v) is 3.47. The molecular formula is C13H16FN3S. The molecule has 1 aliphatic heterocycles. The number of aromatic nitrogens is 1. The summed E-state index contributed by atoms with van der Waals surface area (Å²) in [7, 11) is 0. The predicted molar refractivity (Wildman–Crippen MR) is 73.9 cm³/mol. The Labute approximate surface area is 110 Å². The molecule has 1 saturated heterocycles. The van der Waals surface area contributed by atoms with Crippen LogP contribution in [0.15, 0.2) is 18.2 Å². The van der Waals surface area contributed by atoms with E-state index in [1.807, 2.05) is 0 Å². The molecule has 5 heteroatoms. The van der Waals surface area contributed by atoms with Crippen molar-refractivity contribution in [3.63, 3.8) is 0 Å². The summed E-state index contributed by atoms with van der Waals surface area (Å²) in [5.74, 6) is -0.221. The first-order valence-electron chi connectivity index (χ1n) is 6.19. The van der Waals surface area contributed by atoms with E-state index in [9.17, 15) is 4.39 Å². The third-order valence-corrected chi connectivity index (χ3v) is 4.26. The van der Waals surface area contributed by atoms with Crippen molar-refractivity contribution in [1.29, 1.82) is 0 Å². The molecule has 2 atom stereocenters. The summed E-state index contributed by atoms with van der Waals surface area (Å²) in [6.07, 6.45) is 0. The van der Waals surface area contributed by atoms with Gasteiger partial charge in [0.1, 0.15) is 5.82 Å². The normalized spacial score (nSPS) is 24.7. The Balaban J connectivity index is 1.93. The van der Waals surface area contributed by atoms with Crippen LogP contribution < -0.4 is 10.2 Å². The molecule has 0 amide bonds. The van der Waals surface area contributed by atoms with Gasteiger partial charge in [-0.1, -0.05) is 11.3 Å². The summed E-state index contributed by atoms with van der Waals surface area (Å²) in [5, 5.41) is 4.49. The van der Waals surface area contributed by atoms with E-state index in [-0.39, 0.29) is 5.82 Å². The van der Waals surface area contributed by atoms with E-state index in [1.165, 1.54) is 12.1 Å².